The van der Waals surface area contributed by atoms with E-state index in [1.807, 2.05) is 7.05 Å². The molecule has 1 aromatic rings. The number of nitrogens with zero attached hydrogens (tertiary/aromatic N) is 2. The molecule has 3 heteroatoms. The molecule has 0 aromatic heterocycles. The maximum Gasteiger partial charge on any atom is 0.0384 e. The van der Waals surface area contributed by atoms with Gasteiger partial charge in [-0.1, -0.05) is 6.07 Å². The summed E-state index contributed by atoms with van der Waals surface area (Å²) in [5.74, 6) is 0.869. The van der Waals surface area contributed by atoms with E-state index >= 15 is 0 Å². The average molecular weight is 261 g/mol. The van der Waals surface area contributed by atoms with Gasteiger partial charge in [0.1, 0.15) is 0 Å². The van der Waals surface area contributed by atoms with Gasteiger partial charge in [0.2, 0.25) is 0 Å². The highest BCUT2D eigenvalue weighted by atomic mass is 15.1. The van der Waals surface area contributed by atoms with Gasteiger partial charge in [-0.15, -0.1) is 0 Å². The molecule has 0 radical (unpaired) electrons. The van der Waals surface area contributed by atoms with E-state index in [2.05, 4.69) is 53.5 Å². The normalized spacial score (nSPS) is 20.3. The van der Waals surface area contributed by atoms with E-state index in [-0.39, 0.29) is 0 Å². The molecule has 1 aliphatic heterocycles. The second kappa shape index (κ2) is 6.80. The lowest BCUT2D eigenvalue weighted by Crippen LogP contribution is -2.34. The predicted octanol–water partition coefficient (Wildman–Crippen LogP) is 2.90. The summed E-state index contributed by atoms with van der Waals surface area (Å²) in [6, 6.07) is 8.63. The van der Waals surface area contributed by atoms with E-state index in [4.69, 9.17) is 0 Å². The second-order valence-electron chi connectivity index (χ2n) is 5.78. The van der Waals surface area contributed by atoms with E-state index in [9.17, 15) is 0 Å². The van der Waals surface area contributed by atoms with Crippen LogP contribution in [0.5, 0.6) is 0 Å². The molecule has 0 aliphatic carbocycles. The number of hydrogen-bond acceptors (Lipinski definition) is 3. The van der Waals surface area contributed by atoms with Crippen molar-refractivity contribution in [1.29, 1.82) is 0 Å². The summed E-state index contributed by atoms with van der Waals surface area (Å²) in [7, 11) is 6.41. The molecule has 106 valence electrons. The molecule has 0 saturated carbocycles. The zero-order chi connectivity index (χ0) is 13.7. The number of nitrogens with one attached hydrogen (secondary N) is 1. The van der Waals surface area contributed by atoms with Crippen molar-refractivity contribution in [2.24, 2.45) is 5.92 Å². The van der Waals surface area contributed by atoms with Crippen molar-refractivity contribution >= 4 is 11.4 Å². The SMILES string of the molecule is CNc1cccc(N(C)CCC2CCCN(C)C2)c1. The number of rotatable bonds is 5. The minimum absolute atomic E-state index is 0.869. The van der Waals surface area contributed by atoms with E-state index in [1.165, 1.54) is 43.7 Å². The van der Waals surface area contributed by atoms with Crippen LogP contribution in [0.25, 0.3) is 0 Å². The maximum absolute atomic E-state index is 3.20. The summed E-state index contributed by atoms with van der Waals surface area (Å²) in [5.41, 5.74) is 2.48. The van der Waals surface area contributed by atoms with Gasteiger partial charge in [-0.2, -0.15) is 0 Å². The highest BCUT2D eigenvalue weighted by molar-refractivity contribution is 5.57. The fraction of sp³-hybridized carbons (Fsp3) is 0.625. The molecule has 1 unspecified atom stereocenters. The third kappa shape index (κ3) is 4.13. The Morgan fingerprint density at radius 3 is 3.00 bits per heavy atom. The van der Waals surface area contributed by atoms with Gasteiger partial charge < -0.3 is 15.1 Å². The van der Waals surface area contributed by atoms with Gasteiger partial charge in [0, 0.05) is 38.6 Å². The van der Waals surface area contributed by atoms with Crippen LogP contribution in [0.1, 0.15) is 19.3 Å². The van der Waals surface area contributed by atoms with Gasteiger partial charge in [0.05, 0.1) is 0 Å². The molecule has 1 saturated heterocycles. The van der Waals surface area contributed by atoms with Crippen LogP contribution in [0.2, 0.25) is 0 Å². The Hall–Kier alpha value is -1.22. The molecule has 19 heavy (non-hydrogen) atoms. The van der Waals surface area contributed by atoms with Crippen molar-refractivity contribution in [3.63, 3.8) is 0 Å². The van der Waals surface area contributed by atoms with Crippen molar-refractivity contribution in [2.75, 3.05) is 51.0 Å². The fourth-order valence-electron chi connectivity index (χ4n) is 2.91. The lowest BCUT2D eigenvalue weighted by Gasteiger charge is -2.31. The third-order valence-electron chi connectivity index (χ3n) is 4.17. The summed E-state index contributed by atoms with van der Waals surface area (Å²) in [4.78, 5) is 4.84. The minimum Gasteiger partial charge on any atom is -0.388 e. The summed E-state index contributed by atoms with van der Waals surface area (Å²) in [6.45, 7) is 3.69. The first-order valence-electron chi connectivity index (χ1n) is 7.36. The first kappa shape index (κ1) is 14.2. The van der Waals surface area contributed by atoms with E-state index in [0.717, 1.165) is 12.5 Å². The van der Waals surface area contributed by atoms with Crippen molar-refractivity contribution in [3.8, 4) is 0 Å². The van der Waals surface area contributed by atoms with Crippen LogP contribution in [-0.4, -0.2) is 45.7 Å². The van der Waals surface area contributed by atoms with Gasteiger partial charge in [-0.25, -0.2) is 0 Å². The Balaban J connectivity index is 1.84. The number of piperidine rings is 1. The highest BCUT2D eigenvalue weighted by Gasteiger charge is 2.17. The van der Waals surface area contributed by atoms with Crippen LogP contribution in [-0.2, 0) is 0 Å². The van der Waals surface area contributed by atoms with Gasteiger partial charge in [0.15, 0.2) is 0 Å². The number of likely N-dealkylation sites (tertiary alicyclic amines) is 1. The standard InChI is InChI=1S/C16H27N3/c1-17-15-7-4-8-16(12-15)19(3)11-9-14-6-5-10-18(2)13-14/h4,7-8,12,14,17H,5-6,9-11,13H2,1-3H3. The Morgan fingerprint density at radius 2 is 2.26 bits per heavy atom. The molecule has 0 amide bonds. The first-order valence-corrected chi connectivity index (χ1v) is 7.36. The molecule has 1 aromatic carbocycles. The summed E-state index contributed by atoms with van der Waals surface area (Å²) in [5, 5.41) is 3.20. The fourth-order valence-corrected chi connectivity index (χ4v) is 2.91. The lowest BCUT2D eigenvalue weighted by molar-refractivity contribution is 0.203. The molecule has 1 aliphatic rings. The van der Waals surface area contributed by atoms with E-state index < -0.39 is 0 Å². The molecule has 1 atom stereocenters. The van der Waals surface area contributed by atoms with E-state index in [0.29, 0.717) is 0 Å². The van der Waals surface area contributed by atoms with E-state index in [1.54, 1.807) is 0 Å². The summed E-state index contributed by atoms with van der Waals surface area (Å²) < 4.78 is 0. The topological polar surface area (TPSA) is 18.5 Å². The second-order valence-corrected chi connectivity index (χ2v) is 5.78. The van der Waals surface area contributed by atoms with Crippen LogP contribution < -0.4 is 10.2 Å². The van der Waals surface area contributed by atoms with Gasteiger partial charge >= 0.3 is 0 Å². The predicted molar refractivity (Wildman–Crippen MR) is 84.1 cm³/mol. The molecule has 1 N–H and O–H groups in total. The molecule has 3 nitrogen and oxygen atoms in total. The Bertz CT molecular complexity index is 391. The number of hydrogen-bond donors (Lipinski definition) is 1. The first-order chi connectivity index (χ1) is 9.19. The Kier molecular flexibility index (Phi) is 5.08. The van der Waals surface area contributed by atoms with Gasteiger partial charge in [0.25, 0.3) is 0 Å². The van der Waals surface area contributed by atoms with Crippen LogP contribution in [0.4, 0.5) is 11.4 Å². The number of anilines is 2. The smallest absolute Gasteiger partial charge is 0.0384 e. The van der Waals surface area contributed by atoms with Gasteiger partial charge in [-0.3, -0.25) is 0 Å². The molecule has 1 fully saturated rings. The average Bonchev–Trinajstić information content (AvgIpc) is 2.45. The van der Waals surface area contributed by atoms with Crippen LogP contribution >= 0.6 is 0 Å². The largest absolute Gasteiger partial charge is 0.388 e. The number of benzene rings is 1. The molecule has 1 heterocycles. The van der Waals surface area contributed by atoms with Crippen LogP contribution in [0.3, 0.4) is 0 Å². The highest BCUT2D eigenvalue weighted by Crippen LogP contribution is 2.22. The minimum atomic E-state index is 0.869. The molecule has 0 spiro atoms. The third-order valence-corrected chi connectivity index (χ3v) is 4.17. The zero-order valence-electron chi connectivity index (χ0n) is 12.5. The quantitative estimate of drug-likeness (QED) is 0.879. The summed E-state index contributed by atoms with van der Waals surface area (Å²) in [6.07, 6.45) is 4.06. The molecule has 2 rings (SSSR count). The van der Waals surface area contributed by atoms with Crippen LogP contribution in [0.15, 0.2) is 24.3 Å². The lowest BCUT2D eigenvalue weighted by atomic mass is 9.95. The van der Waals surface area contributed by atoms with Gasteiger partial charge in [-0.05, 0) is 57.0 Å². The Labute approximate surface area is 117 Å². The molecule has 0 bridgehead atoms. The monoisotopic (exact) mass is 261 g/mol. The molecular formula is C16H27N3. The van der Waals surface area contributed by atoms with Crippen LogP contribution in [0, 0.1) is 5.92 Å². The van der Waals surface area contributed by atoms with Crippen molar-refractivity contribution < 1.29 is 0 Å². The van der Waals surface area contributed by atoms with Crippen molar-refractivity contribution in [1.82, 2.24) is 4.90 Å². The molecular weight excluding hydrogens is 234 g/mol. The zero-order valence-corrected chi connectivity index (χ0v) is 12.5. The maximum atomic E-state index is 3.20. The van der Waals surface area contributed by atoms with Crippen molar-refractivity contribution in [2.45, 2.75) is 19.3 Å². The Morgan fingerprint density at radius 1 is 1.42 bits per heavy atom. The summed E-state index contributed by atoms with van der Waals surface area (Å²) >= 11 is 0. The van der Waals surface area contributed by atoms with Crippen molar-refractivity contribution in [3.05, 3.63) is 24.3 Å².